The van der Waals surface area contributed by atoms with Crippen LogP contribution in [0.15, 0.2) is 23.1 Å². The normalized spacial score (nSPS) is 27.1. The number of hydrogen-bond acceptors (Lipinski definition) is 15. The first-order valence-corrected chi connectivity index (χ1v) is 17.3. The lowest BCUT2D eigenvalue weighted by Crippen LogP contribution is -2.36. The average molecular weight is 676 g/mol. The van der Waals surface area contributed by atoms with Crippen LogP contribution in [0, 0.1) is 5.92 Å². The second-order valence-electron chi connectivity index (χ2n) is 9.37. The van der Waals surface area contributed by atoms with Gasteiger partial charge in [0.05, 0.1) is 12.2 Å². The predicted molar refractivity (Wildman–Crippen MR) is 146 cm³/mol. The molecule has 2 fully saturated rings. The molecule has 43 heavy (non-hydrogen) atoms. The minimum atomic E-state index is -5.07. The number of phosphoric acid groups is 3. The van der Waals surface area contributed by atoms with Gasteiger partial charge in [-0.25, -0.2) is 13.7 Å². The zero-order chi connectivity index (χ0) is 32.0. The monoisotopic (exact) mass is 676 g/mol. The molecule has 0 bridgehead atoms. The molecule has 1 aromatic rings. The van der Waals surface area contributed by atoms with E-state index in [1.54, 1.807) is 0 Å². The molecule has 1 aromatic heterocycles. The molecule has 18 nitrogen and oxygen atoms in total. The van der Waals surface area contributed by atoms with E-state index < -0.39 is 65.9 Å². The molecule has 2 aliphatic rings. The Hall–Kier alpha value is -1.75. The number of pyridine rings is 1. The van der Waals surface area contributed by atoms with Gasteiger partial charge in [0.1, 0.15) is 24.1 Å². The second-order valence-corrected chi connectivity index (χ2v) is 14.8. The van der Waals surface area contributed by atoms with Crippen molar-refractivity contribution in [2.45, 2.75) is 50.2 Å². The molecule has 2 heterocycles. The number of nitrogens with zero attached hydrogens (tertiary/aromatic N) is 1. The molecule has 1 saturated carbocycles. The summed E-state index contributed by atoms with van der Waals surface area (Å²) in [7, 11) is -12.6. The Kier molecular flexibility index (Phi) is 12.5. The Labute approximate surface area is 246 Å². The molecule has 1 aliphatic carbocycles. The van der Waals surface area contributed by atoms with Crippen molar-refractivity contribution in [2.75, 3.05) is 34.5 Å². The highest BCUT2D eigenvalue weighted by Gasteiger charge is 2.48. The number of carbonyl (C=O) groups excluding carboxylic acids is 1. The van der Waals surface area contributed by atoms with Gasteiger partial charge in [0.25, 0.3) is 5.56 Å². The Morgan fingerprint density at radius 2 is 1.72 bits per heavy atom. The van der Waals surface area contributed by atoms with Gasteiger partial charge in [0, 0.05) is 40.0 Å². The molecular weight excluding hydrogens is 641 g/mol. The van der Waals surface area contributed by atoms with Crippen molar-refractivity contribution >= 4 is 35.5 Å². The summed E-state index contributed by atoms with van der Waals surface area (Å²) in [6.45, 7) is -0.737. The zero-order valence-corrected chi connectivity index (χ0v) is 26.1. The number of aliphatic hydroxyl groups excluding tert-OH is 2. The van der Waals surface area contributed by atoms with Gasteiger partial charge >= 0.3 is 23.5 Å². The SMILES string of the molecule is COP(=O)(O)OP(=O)(OC)OP(=O)(OC)OC[C@H]1O[C@@H](n2ccc(O)c(C=CCNC(=O)C3CCCC3)c2=O)C(O)[C@H]1O. The summed E-state index contributed by atoms with van der Waals surface area (Å²) < 4.78 is 70.6. The fraction of sp³-hybridized carbons (Fsp3) is 0.636. The smallest absolute Gasteiger partial charge is 0.492 e. The minimum Gasteiger partial charge on any atom is -0.507 e. The highest BCUT2D eigenvalue weighted by atomic mass is 31.3. The quantitative estimate of drug-likeness (QED) is 0.166. The number of aromatic nitrogens is 1. The van der Waals surface area contributed by atoms with Crippen LogP contribution in [0.3, 0.4) is 0 Å². The summed E-state index contributed by atoms with van der Waals surface area (Å²) in [5.74, 6) is -0.528. The van der Waals surface area contributed by atoms with Crippen molar-refractivity contribution < 1.29 is 70.2 Å². The van der Waals surface area contributed by atoms with Gasteiger partial charge in [-0.05, 0) is 25.0 Å². The first-order chi connectivity index (χ1) is 20.2. The van der Waals surface area contributed by atoms with E-state index in [1.807, 2.05) is 0 Å². The van der Waals surface area contributed by atoms with Gasteiger partial charge in [0.15, 0.2) is 6.23 Å². The predicted octanol–water partition coefficient (Wildman–Crippen LogP) is 1.80. The van der Waals surface area contributed by atoms with Crippen LogP contribution in [0.1, 0.15) is 37.5 Å². The maximum absolute atomic E-state index is 13.1. The Bertz CT molecular complexity index is 1360. The number of hydrogen-bond donors (Lipinski definition) is 5. The van der Waals surface area contributed by atoms with Gasteiger partial charge in [-0.2, -0.15) is 8.62 Å². The lowest BCUT2D eigenvalue weighted by atomic mass is 10.1. The van der Waals surface area contributed by atoms with Crippen LogP contribution in [0.2, 0.25) is 0 Å². The van der Waals surface area contributed by atoms with Crippen molar-refractivity contribution in [3.05, 3.63) is 34.3 Å². The standard InChI is InChI=1S/C22H35N2O16P3/c1-34-41(30,31)39-43(33,36-3)40-42(32,35-2)37-13-17-18(26)19(27)22(38-17)24-12-10-16(25)15(21(24)29)9-6-11-23-20(28)14-7-4-5-8-14/h6,9-10,12,14,17-19,22,25-27H,4-5,7-8,11,13H2,1-3H3,(H,23,28)(H,30,31)/t17-,18+,19?,22-,42?,43?/m1/s1. The lowest BCUT2D eigenvalue weighted by Gasteiger charge is -2.23. The number of amides is 1. The second kappa shape index (κ2) is 15.0. The number of ether oxygens (including phenoxy) is 1. The zero-order valence-electron chi connectivity index (χ0n) is 23.4. The first kappa shape index (κ1) is 35.7. The van der Waals surface area contributed by atoms with E-state index in [4.69, 9.17) is 9.26 Å². The molecule has 0 spiro atoms. The molecule has 244 valence electrons. The van der Waals surface area contributed by atoms with Crippen molar-refractivity contribution in [3.8, 4) is 5.75 Å². The van der Waals surface area contributed by atoms with Crippen LogP contribution in [0.25, 0.3) is 6.08 Å². The summed E-state index contributed by atoms with van der Waals surface area (Å²) >= 11 is 0. The Balaban J connectivity index is 1.69. The maximum atomic E-state index is 13.1. The van der Waals surface area contributed by atoms with Crippen LogP contribution in [0.4, 0.5) is 0 Å². The summed E-state index contributed by atoms with van der Waals surface area (Å²) in [5.41, 5.74) is -1.00. The van der Waals surface area contributed by atoms with Crippen LogP contribution in [-0.4, -0.2) is 83.5 Å². The first-order valence-electron chi connectivity index (χ1n) is 12.9. The van der Waals surface area contributed by atoms with Crippen LogP contribution in [-0.2, 0) is 49.9 Å². The van der Waals surface area contributed by atoms with E-state index >= 15 is 0 Å². The van der Waals surface area contributed by atoms with E-state index in [9.17, 15) is 43.5 Å². The number of phosphoric ester groups is 2. The van der Waals surface area contributed by atoms with E-state index in [1.165, 1.54) is 12.2 Å². The third-order valence-electron chi connectivity index (χ3n) is 6.63. The topological polar surface area (TPSA) is 248 Å². The number of nitrogens with one attached hydrogen (secondary N) is 1. The van der Waals surface area contributed by atoms with Crippen molar-refractivity contribution in [3.63, 3.8) is 0 Å². The van der Waals surface area contributed by atoms with E-state index in [2.05, 4.69) is 27.5 Å². The fourth-order valence-electron chi connectivity index (χ4n) is 4.32. The molecule has 7 atom stereocenters. The van der Waals surface area contributed by atoms with Crippen molar-refractivity contribution in [1.82, 2.24) is 9.88 Å². The summed E-state index contributed by atoms with van der Waals surface area (Å²) in [4.78, 5) is 34.7. The molecule has 5 N–H and O–H groups in total. The third kappa shape index (κ3) is 9.14. The molecule has 3 rings (SSSR count). The minimum absolute atomic E-state index is 0.0443. The Morgan fingerprint density at radius 3 is 2.33 bits per heavy atom. The molecule has 1 amide bonds. The van der Waals surface area contributed by atoms with E-state index in [0.717, 1.165) is 63.8 Å². The highest BCUT2D eigenvalue weighted by molar-refractivity contribution is 7.67. The molecule has 0 radical (unpaired) electrons. The summed E-state index contributed by atoms with van der Waals surface area (Å²) in [6, 6.07) is 1.15. The van der Waals surface area contributed by atoms with Crippen LogP contribution >= 0.6 is 23.5 Å². The van der Waals surface area contributed by atoms with Gasteiger partial charge < -0.3 is 30.3 Å². The van der Waals surface area contributed by atoms with Crippen LogP contribution < -0.4 is 10.9 Å². The molecule has 1 aliphatic heterocycles. The van der Waals surface area contributed by atoms with Crippen molar-refractivity contribution in [1.29, 1.82) is 0 Å². The van der Waals surface area contributed by atoms with Gasteiger partial charge in [-0.1, -0.05) is 18.9 Å². The van der Waals surface area contributed by atoms with Crippen molar-refractivity contribution in [2.24, 2.45) is 5.92 Å². The van der Waals surface area contributed by atoms with Gasteiger partial charge in [-0.15, -0.1) is 0 Å². The summed E-state index contributed by atoms with van der Waals surface area (Å²) in [6.07, 6.45) is 1.07. The Morgan fingerprint density at radius 1 is 1.07 bits per heavy atom. The highest BCUT2D eigenvalue weighted by Crippen LogP contribution is 2.71. The van der Waals surface area contributed by atoms with E-state index in [0.29, 0.717) is 0 Å². The van der Waals surface area contributed by atoms with Gasteiger partial charge in [0.2, 0.25) is 5.91 Å². The summed E-state index contributed by atoms with van der Waals surface area (Å²) in [5, 5.41) is 34.1. The molecule has 4 unspecified atom stereocenters. The average Bonchev–Trinajstić information content (AvgIpc) is 3.60. The number of aromatic hydroxyl groups is 1. The molecule has 21 heteroatoms. The largest absolute Gasteiger partial charge is 0.507 e. The molecule has 1 saturated heterocycles. The number of rotatable bonds is 15. The van der Waals surface area contributed by atoms with Crippen LogP contribution in [0.5, 0.6) is 5.75 Å². The fourth-order valence-corrected chi connectivity index (χ4v) is 8.39. The third-order valence-corrected chi connectivity index (χ3v) is 11.7. The maximum Gasteiger partial charge on any atom is 0.492 e. The van der Waals surface area contributed by atoms with Gasteiger partial charge in [-0.3, -0.25) is 32.3 Å². The van der Waals surface area contributed by atoms with E-state index in [-0.39, 0.29) is 23.9 Å². The number of carbonyl (C=O) groups is 1. The lowest BCUT2D eigenvalue weighted by molar-refractivity contribution is -0.124. The molecule has 0 aromatic carbocycles. The number of aliphatic hydroxyl groups is 2. The molecular formula is C22H35N2O16P3.